The molecule has 0 saturated carbocycles. The van der Waals surface area contributed by atoms with E-state index in [4.69, 9.17) is 9.47 Å². The number of hydrogen-bond acceptors (Lipinski definition) is 5. The highest BCUT2D eigenvalue weighted by Crippen LogP contribution is 2.40. The molecule has 2 aliphatic heterocycles. The van der Waals surface area contributed by atoms with E-state index in [1.165, 1.54) is 12.1 Å². The molecule has 114 valence electrons. The Morgan fingerprint density at radius 1 is 1.52 bits per heavy atom. The van der Waals surface area contributed by atoms with Crippen molar-refractivity contribution >= 4 is 33.4 Å². The lowest BCUT2D eigenvalue weighted by Gasteiger charge is -2.37. The zero-order valence-corrected chi connectivity index (χ0v) is 13.8. The van der Waals surface area contributed by atoms with Crippen LogP contribution in [-0.4, -0.2) is 34.7 Å². The van der Waals surface area contributed by atoms with Crippen molar-refractivity contribution in [2.24, 2.45) is 0 Å². The van der Waals surface area contributed by atoms with Crippen molar-refractivity contribution < 1.29 is 14.4 Å². The molecule has 2 saturated heterocycles. The standard InChI is InChI=1S/C14H16BrNO4S/c15-12-2-1-10(16(17)18)7-13(12)20-11-3-5-19-14(8-11)4-6-21-9-14/h1-2,7,11H,3-6,8-9H2. The molecule has 0 radical (unpaired) electrons. The average molecular weight is 374 g/mol. The number of benzene rings is 1. The maximum atomic E-state index is 10.9. The van der Waals surface area contributed by atoms with Gasteiger partial charge in [0.05, 0.1) is 27.7 Å². The Balaban J connectivity index is 1.74. The summed E-state index contributed by atoms with van der Waals surface area (Å²) in [7, 11) is 0. The zero-order chi connectivity index (χ0) is 14.9. The van der Waals surface area contributed by atoms with Gasteiger partial charge < -0.3 is 9.47 Å². The van der Waals surface area contributed by atoms with Crippen LogP contribution in [0.3, 0.4) is 0 Å². The molecule has 1 aromatic rings. The van der Waals surface area contributed by atoms with Crippen LogP contribution in [0.15, 0.2) is 22.7 Å². The molecule has 2 heterocycles. The minimum Gasteiger partial charge on any atom is -0.489 e. The van der Waals surface area contributed by atoms with Crippen LogP contribution in [0.5, 0.6) is 5.75 Å². The van der Waals surface area contributed by atoms with Crippen LogP contribution >= 0.6 is 27.7 Å². The molecule has 21 heavy (non-hydrogen) atoms. The monoisotopic (exact) mass is 373 g/mol. The number of hydrogen-bond donors (Lipinski definition) is 0. The predicted octanol–water partition coefficient (Wildman–Crippen LogP) is 3.79. The SMILES string of the molecule is O=[N+]([O-])c1ccc(Br)c(OC2CCOC3(CCSC3)C2)c1. The van der Waals surface area contributed by atoms with E-state index in [1.807, 2.05) is 11.8 Å². The minimum atomic E-state index is -0.404. The van der Waals surface area contributed by atoms with Gasteiger partial charge >= 0.3 is 0 Å². The van der Waals surface area contributed by atoms with Gasteiger partial charge in [-0.3, -0.25) is 10.1 Å². The van der Waals surface area contributed by atoms with E-state index in [2.05, 4.69) is 15.9 Å². The molecular weight excluding hydrogens is 358 g/mol. The lowest BCUT2D eigenvalue weighted by molar-refractivity contribution is -0.385. The summed E-state index contributed by atoms with van der Waals surface area (Å²) in [6, 6.07) is 4.61. The van der Waals surface area contributed by atoms with E-state index in [0.29, 0.717) is 12.4 Å². The molecule has 1 aromatic carbocycles. The van der Waals surface area contributed by atoms with Crippen LogP contribution in [0.25, 0.3) is 0 Å². The van der Waals surface area contributed by atoms with Crippen molar-refractivity contribution in [2.45, 2.75) is 31.0 Å². The number of non-ortho nitro benzene ring substituents is 1. The fourth-order valence-electron chi connectivity index (χ4n) is 2.82. The number of nitro groups is 1. The molecule has 5 nitrogen and oxygen atoms in total. The third kappa shape index (κ3) is 3.35. The Morgan fingerprint density at radius 2 is 2.38 bits per heavy atom. The van der Waals surface area contributed by atoms with Crippen LogP contribution in [0.1, 0.15) is 19.3 Å². The Bertz CT molecular complexity index is 548. The number of halogens is 1. The van der Waals surface area contributed by atoms with Gasteiger partial charge in [-0.25, -0.2) is 0 Å². The average Bonchev–Trinajstić information content (AvgIpc) is 2.89. The van der Waals surface area contributed by atoms with Gasteiger partial charge in [0.15, 0.2) is 0 Å². The molecule has 3 rings (SSSR count). The summed E-state index contributed by atoms with van der Waals surface area (Å²) < 4.78 is 12.7. The van der Waals surface area contributed by atoms with Crippen LogP contribution in [0, 0.1) is 10.1 Å². The van der Waals surface area contributed by atoms with Crippen LogP contribution < -0.4 is 4.74 Å². The highest BCUT2D eigenvalue weighted by atomic mass is 79.9. The molecule has 2 unspecified atom stereocenters. The van der Waals surface area contributed by atoms with E-state index < -0.39 is 4.92 Å². The topological polar surface area (TPSA) is 61.6 Å². The van der Waals surface area contributed by atoms with Crippen LogP contribution in [0.4, 0.5) is 5.69 Å². The number of nitrogens with zero attached hydrogens (tertiary/aromatic N) is 1. The third-order valence-corrected chi connectivity index (χ3v) is 5.81. The van der Waals surface area contributed by atoms with Gasteiger partial charge in [0.25, 0.3) is 5.69 Å². The smallest absolute Gasteiger partial charge is 0.273 e. The summed E-state index contributed by atoms with van der Waals surface area (Å²) in [5.41, 5.74) is -0.00720. The number of rotatable bonds is 3. The maximum Gasteiger partial charge on any atom is 0.273 e. The van der Waals surface area contributed by atoms with E-state index in [-0.39, 0.29) is 17.4 Å². The second-order valence-corrected chi connectivity index (χ2v) is 7.40. The molecule has 0 N–H and O–H groups in total. The van der Waals surface area contributed by atoms with Crippen molar-refractivity contribution in [3.8, 4) is 5.75 Å². The highest BCUT2D eigenvalue weighted by Gasteiger charge is 2.41. The molecule has 2 atom stereocenters. The van der Waals surface area contributed by atoms with Gasteiger partial charge in [0, 0.05) is 24.7 Å². The van der Waals surface area contributed by atoms with Crippen molar-refractivity contribution in [3.05, 3.63) is 32.8 Å². The van der Waals surface area contributed by atoms with Gasteiger partial charge in [-0.2, -0.15) is 11.8 Å². The Hall–Kier alpha value is -0.790. The van der Waals surface area contributed by atoms with Crippen molar-refractivity contribution in [1.82, 2.24) is 0 Å². The Morgan fingerprint density at radius 3 is 3.10 bits per heavy atom. The second kappa shape index (κ2) is 6.14. The lowest BCUT2D eigenvalue weighted by atomic mass is 9.91. The van der Waals surface area contributed by atoms with E-state index >= 15 is 0 Å². The molecule has 2 aliphatic rings. The van der Waals surface area contributed by atoms with Crippen molar-refractivity contribution in [1.29, 1.82) is 0 Å². The summed E-state index contributed by atoms with van der Waals surface area (Å²) in [5.74, 6) is 2.69. The largest absolute Gasteiger partial charge is 0.489 e. The number of thioether (sulfide) groups is 1. The van der Waals surface area contributed by atoms with E-state index in [0.717, 1.165) is 35.2 Å². The first-order chi connectivity index (χ1) is 10.1. The third-order valence-electron chi connectivity index (χ3n) is 3.93. The highest BCUT2D eigenvalue weighted by molar-refractivity contribution is 9.10. The number of ether oxygens (including phenoxy) is 2. The van der Waals surface area contributed by atoms with Gasteiger partial charge in [-0.1, -0.05) is 0 Å². The summed E-state index contributed by atoms with van der Waals surface area (Å²) in [5, 5.41) is 10.9. The van der Waals surface area contributed by atoms with Gasteiger partial charge in [0.1, 0.15) is 11.9 Å². The van der Waals surface area contributed by atoms with Gasteiger partial charge in [-0.05, 0) is 34.2 Å². The summed E-state index contributed by atoms with van der Waals surface area (Å²) in [4.78, 5) is 10.5. The molecule has 1 spiro atoms. The Kier molecular flexibility index (Phi) is 4.42. The van der Waals surface area contributed by atoms with Gasteiger partial charge in [0.2, 0.25) is 0 Å². The molecule has 0 bridgehead atoms. The molecule has 0 amide bonds. The normalized spacial score (nSPS) is 28.7. The molecule has 0 aliphatic carbocycles. The quantitative estimate of drug-likeness (QED) is 0.595. The second-order valence-electron chi connectivity index (χ2n) is 5.44. The molecule has 2 fully saturated rings. The molecule has 7 heteroatoms. The maximum absolute atomic E-state index is 10.9. The van der Waals surface area contributed by atoms with Gasteiger partial charge in [-0.15, -0.1) is 0 Å². The molecular formula is C14H16BrNO4S. The fourth-order valence-corrected chi connectivity index (χ4v) is 4.54. The fraction of sp³-hybridized carbons (Fsp3) is 0.571. The number of nitro benzene ring substituents is 1. The first kappa shape index (κ1) is 15.1. The Labute approximate surface area is 135 Å². The summed E-state index contributed by atoms with van der Waals surface area (Å²) >= 11 is 5.32. The van der Waals surface area contributed by atoms with E-state index in [1.54, 1.807) is 6.07 Å². The summed E-state index contributed by atoms with van der Waals surface area (Å²) in [6.45, 7) is 0.692. The minimum absolute atomic E-state index is 0.0476. The first-order valence-corrected chi connectivity index (χ1v) is 8.85. The lowest BCUT2D eigenvalue weighted by Crippen LogP contribution is -2.43. The molecule has 0 aromatic heterocycles. The predicted molar refractivity (Wildman–Crippen MR) is 85.1 cm³/mol. The zero-order valence-electron chi connectivity index (χ0n) is 11.4. The summed E-state index contributed by atoms with van der Waals surface area (Å²) in [6.07, 6.45) is 2.79. The van der Waals surface area contributed by atoms with Crippen LogP contribution in [0.2, 0.25) is 0 Å². The van der Waals surface area contributed by atoms with E-state index in [9.17, 15) is 10.1 Å². The first-order valence-electron chi connectivity index (χ1n) is 6.90. The van der Waals surface area contributed by atoms with Crippen molar-refractivity contribution in [3.63, 3.8) is 0 Å². The van der Waals surface area contributed by atoms with Crippen LogP contribution in [-0.2, 0) is 4.74 Å². The van der Waals surface area contributed by atoms with Crippen molar-refractivity contribution in [2.75, 3.05) is 18.1 Å².